The van der Waals surface area contributed by atoms with Gasteiger partial charge in [0, 0.05) is 19.0 Å². The molecule has 1 amide bonds. The zero-order chi connectivity index (χ0) is 12.5. The third-order valence-corrected chi connectivity index (χ3v) is 3.21. The first kappa shape index (κ1) is 14.5. The number of hydrogen-bond donors (Lipinski definition) is 2. The van der Waals surface area contributed by atoms with Crippen LogP contribution in [0.4, 0.5) is 0 Å². The molecule has 0 heterocycles. The zero-order valence-corrected chi connectivity index (χ0v) is 11.3. The number of nitrogens with one attached hydrogen (secondary N) is 2. The van der Waals surface area contributed by atoms with E-state index in [0.717, 1.165) is 26.1 Å². The Kier molecular flexibility index (Phi) is 7.21. The molecule has 2 N–H and O–H groups in total. The normalized spacial score (nSPS) is 16.6. The van der Waals surface area contributed by atoms with Gasteiger partial charge in [-0.15, -0.1) is 0 Å². The summed E-state index contributed by atoms with van der Waals surface area (Å²) in [6.07, 6.45) is 6.63. The van der Waals surface area contributed by atoms with Crippen molar-refractivity contribution in [3.8, 4) is 0 Å². The summed E-state index contributed by atoms with van der Waals surface area (Å²) in [5.74, 6) is 0.206. The molecule has 0 bridgehead atoms. The topological polar surface area (TPSA) is 44.4 Å². The van der Waals surface area contributed by atoms with Gasteiger partial charge < -0.3 is 15.5 Å². The van der Waals surface area contributed by atoms with E-state index < -0.39 is 0 Å². The molecular formula is C13H27N3O. The molecule has 4 heteroatoms. The van der Waals surface area contributed by atoms with Crippen molar-refractivity contribution < 1.29 is 4.79 Å². The van der Waals surface area contributed by atoms with Crippen LogP contribution in [0.1, 0.15) is 38.5 Å². The number of amides is 1. The Labute approximate surface area is 105 Å². The lowest BCUT2D eigenvalue weighted by Crippen LogP contribution is -2.34. The van der Waals surface area contributed by atoms with Gasteiger partial charge in [-0.1, -0.05) is 12.8 Å². The van der Waals surface area contributed by atoms with E-state index in [1.54, 1.807) is 0 Å². The van der Waals surface area contributed by atoms with Crippen molar-refractivity contribution in [1.82, 2.24) is 15.5 Å². The Balaban J connectivity index is 1.89. The van der Waals surface area contributed by atoms with Gasteiger partial charge >= 0.3 is 0 Å². The molecule has 0 aromatic heterocycles. The molecule has 1 aliphatic rings. The third-order valence-electron chi connectivity index (χ3n) is 3.21. The highest BCUT2D eigenvalue weighted by Gasteiger charge is 2.16. The van der Waals surface area contributed by atoms with Crippen LogP contribution in [0.5, 0.6) is 0 Å². The standard InChI is InChI=1S/C13H27N3O/c1-16(2)11-5-9-14-10-8-13(17)15-12-6-3-4-7-12/h12,14H,3-11H2,1-2H3,(H,15,17). The molecule has 0 radical (unpaired) electrons. The summed E-state index contributed by atoms with van der Waals surface area (Å²) in [6, 6.07) is 0.455. The summed E-state index contributed by atoms with van der Waals surface area (Å²) in [4.78, 5) is 13.8. The number of carbonyl (C=O) groups is 1. The number of hydrogen-bond acceptors (Lipinski definition) is 3. The van der Waals surface area contributed by atoms with E-state index in [0.29, 0.717) is 12.5 Å². The second-order valence-corrected chi connectivity index (χ2v) is 5.21. The number of nitrogens with zero attached hydrogens (tertiary/aromatic N) is 1. The van der Waals surface area contributed by atoms with Gasteiger partial charge in [0.15, 0.2) is 0 Å². The van der Waals surface area contributed by atoms with Crippen molar-refractivity contribution in [2.24, 2.45) is 0 Å². The molecule has 0 unspecified atom stereocenters. The second-order valence-electron chi connectivity index (χ2n) is 5.21. The van der Waals surface area contributed by atoms with E-state index in [9.17, 15) is 4.79 Å². The second kappa shape index (κ2) is 8.48. The van der Waals surface area contributed by atoms with Crippen LogP contribution >= 0.6 is 0 Å². The summed E-state index contributed by atoms with van der Waals surface area (Å²) in [6.45, 7) is 2.89. The van der Waals surface area contributed by atoms with Gasteiger partial charge in [-0.05, 0) is 46.4 Å². The highest BCUT2D eigenvalue weighted by Crippen LogP contribution is 2.17. The minimum absolute atomic E-state index is 0.206. The van der Waals surface area contributed by atoms with E-state index in [1.807, 2.05) is 0 Å². The summed E-state index contributed by atoms with van der Waals surface area (Å²) < 4.78 is 0. The van der Waals surface area contributed by atoms with Crippen LogP contribution in [0.2, 0.25) is 0 Å². The van der Waals surface area contributed by atoms with Gasteiger partial charge in [-0.3, -0.25) is 4.79 Å². The summed E-state index contributed by atoms with van der Waals surface area (Å²) >= 11 is 0. The smallest absolute Gasteiger partial charge is 0.221 e. The first-order valence-corrected chi connectivity index (χ1v) is 6.83. The van der Waals surface area contributed by atoms with E-state index in [4.69, 9.17) is 0 Å². The molecule has 1 aliphatic carbocycles. The van der Waals surface area contributed by atoms with E-state index in [-0.39, 0.29) is 5.91 Å². The predicted molar refractivity (Wildman–Crippen MR) is 71.1 cm³/mol. The Morgan fingerprint density at radius 1 is 1.24 bits per heavy atom. The largest absolute Gasteiger partial charge is 0.353 e. The van der Waals surface area contributed by atoms with E-state index in [1.165, 1.54) is 25.7 Å². The van der Waals surface area contributed by atoms with Gasteiger partial charge in [0.05, 0.1) is 0 Å². The van der Waals surface area contributed by atoms with Gasteiger partial charge in [0.1, 0.15) is 0 Å². The van der Waals surface area contributed by atoms with Crippen molar-refractivity contribution >= 4 is 5.91 Å². The minimum atomic E-state index is 0.206. The highest BCUT2D eigenvalue weighted by atomic mass is 16.1. The molecule has 1 saturated carbocycles. The maximum absolute atomic E-state index is 11.6. The van der Waals surface area contributed by atoms with Crippen LogP contribution in [0, 0.1) is 0 Å². The molecule has 1 rings (SSSR count). The SMILES string of the molecule is CN(C)CCCNCCC(=O)NC1CCCC1. The highest BCUT2D eigenvalue weighted by molar-refractivity contribution is 5.76. The van der Waals surface area contributed by atoms with Crippen LogP contribution in [-0.2, 0) is 4.79 Å². The van der Waals surface area contributed by atoms with Crippen molar-refractivity contribution in [3.05, 3.63) is 0 Å². The molecule has 0 aromatic carbocycles. The monoisotopic (exact) mass is 241 g/mol. The molecule has 1 fully saturated rings. The Morgan fingerprint density at radius 3 is 2.59 bits per heavy atom. The van der Waals surface area contributed by atoms with Crippen LogP contribution in [0.3, 0.4) is 0 Å². The van der Waals surface area contributed by atoms with Crippen LogP contribution in [0.15, 0.2) is 0 Å². The van der Waals surface area contributed by atoms with Gasteiger partial charge in [-0.25, -0.2) is 0 Å². The lowest BCUT2D eigenvalue weighted by molar-refractivity contribution is -0.121. The maximum Gasteiger partial charge on any atom is 0.221 e. The van der Waals surface area contributed by atoms with E-state index in [2.05, 4.69) is 29.6 Å². The van der Waals surface area contributed by atoms with Gasteiger partial charge in [-0.2, -0.15) is 0 Å². The number of carbonyl (C=O) groups excluding carboxylic acids is 1. The number of rotatable bonds is 8. The average molecular weight is 241 g/mol. The fourth-order valence-electron chi connectivity index (χ4n) is 2.22. The van der Waals surface area contributed by atoms with Crippen LogP contribution in [-0.4, -0.2) is 50.6 Å². The quantitative estimate of drug-likeness (QED) is 0.623. The summed E-state index contributed by atoms with van der Waals surface area (Å²) in [5.41, 5.74) is 0. The molecule has 0 atom stereocenters. The fraction of sp³-hybridized carbons (Fsp3) is 0.923. The molecule has 0 aliphatic heterocycles. The van der Waals surface area contributed by atoms with Gasteiger partial charge in [0.25, 0.3) is 0 Å². The Hall–Kier alpha value is -0.610. The third kappa shape index (κ3) is 7.34. The van der Waals surface area contributed by atoms with Gasteiger partial charge in [0.2, 0.25) is 5.91 Å². The Bertz CT molecular complexity index is 213. The zero-order valence-electron chi connectivity index (χ0n) is 11.3. The molecular weight excluding hydrogens is 214 g/mol. The van der Waals surface area contributed by atoms with Crippen LogP contribution in [0.25, 0.3) is 0 Å². The Morgan fingerprint density at radius 2 is 1.94 bits per heavy atom. The first-order chi connectivity index (χ1) is 8.18. The molecule has 0 saturated heterocycles. The predicted octanol–water partition coefficient (Wildman–Crippen LogP) is 0.977. The van der Waals surface area contributed by atoms with Crippen LogP contribution < -0.4 is 10.6 Å². The van der Waals surface area contributed by atoms with E-state index >= 15 is 0 Å². The minimum Gasteiger partial charge on any atom is -0.353 e. The van der Waals surface area contributed by atoms with Crippen molar-refractivity contribution in [2.75, 3.05) is 33.7 Å². The maximum atomic E-state index is 11.6. The average Bonchev–Trinajstić information content (AvgIpc) is 2.75. The van der Waals surface area contributed by atoms with Crippen molar-refractivity contribution in [3.63, 3.8) is 0 Å². The van der Waals surface area contributed by atoms with Crippen molar-refractivity contribution in [1.29, 1.82) is 0 Å². The molecule has 17 heavy (non-hydrogen) atoms. The summed E-state index contributed by atoms with van der Waals surface area (Å²) in [7, 11) is 4.16. The molecule has 4 nitrogen and oxygen atoms in total. The molecule has 0 aromatic rings. The lowest BCUT2D eigenvalue weighted by Gasteiger charge is -2.12. The molecule has 100 valence electrons. The molecule has 0 spiro atoms. The fourth-order valence-corrected chi connectivity index (χ4v) is 2.22. The summed E-state index contributed by atoms with van der Waals surface area (Å²) in [5, 5.41) is 6.41. The first-order valence-electron chi connectivity index (χ1n) is 6.83. The lowest BCUT2D eigenvalue weighted by atomic mass is 10.2. The van der Waals surface area contributed by atoms with Crippen molar-refractivity contribution in [2.45, 2.75) is 44.6 Å².